The van der Waals surface area contributed by atoms with Crippen molar-refractivity contribution >= 4 is 37.6 Å². The Morgan fingerprint density at radius 3 is 2.74 bits per heavy atom. The highest BCUT2D eigenvalue weighted by atomic mass is 32.2. The lowest BCUT2D eigenvalue weighted by Gasteiger charge is -2.34. The van der Waals surface area contributed by atoms with E-state index in [1.165, 1.54) is 0 Å². The van der Waals surface area contributed by atoms with Crippen LogP contribution in [-0.4, -0.2) is 73.3 Å². The predicted molar refractivity (Wildman–Crippen MR) is 122 cm³/mol. The lowest BCUT2D eigenvalue weighted by atomic mass is 9.98. The van der Waals surface area contributed by atoms with Gasteiger partial charge in [-0.3, -0.25) is 4.98 Å². The van der Waals surface area contributed by atoms with E-state index in [1.807, 2.05) is 24.7 Å². The maximum absolute atomic E-state index is 12.9. The summed E-state index contributed by atoms with van der Waals surface area (Å²) >= 11 is 0. The Hall–Kier alpha value is -2.23. The quantitative estimate of drug-likeness (QED) is 0.630. The summed E-state index contributed by atoms with van der Waals surface area (Å²) in [6.07, 6.45) is 8.19. The average Bonchev–Trinajstić information content (AvgIpc) is 3.44. The van der Waals surface area contributed by atoms with E-state index in [0.717, 1.165) is 60.0 Å². The molecule has 2 aliphatic rings. The van der Waals surface area contributed by atoms with Crippen molar-refractivity contribution in [2.45, 2.75) is 19.3 Å². The largest absolute Gasteiger partial charge is 0.384 e. The molecule has 3 aromatic rings. The summed E-state index contributed by atoms with van der Waals surface area (Å²) in [6, 6.07) is 4.11. The molecule has 0 bridgehead atoms. The van der Waals surface area contributed by atoms with Crippen LogP contribution in [0.3, 0.4) is 0 Å². The van der Waals surface area contributed by atoms with Gasteiger partial charge in [-0.25, -0.2) is 17.7 Å². The molecule has 0 spiro atoms. The van der Waals surface area contributed by atoms with E-state index >= 15 is 0 Å². The number of hydrogen-bond donors (Lipinski definition) is 1. The van der Waals surface area contributed by atoms with Crippen molar-refractivity contribution in [3.8, 4) is 0 Å². The normalized spacial score (nSPS) is 21.5. The standard InChI is InChI=1S/C22H29N5O3S/c1-30-14-17-6-11-27(13-17)31(28,29)15-16-4-9-26(10-5-16)20-3-8-23-19-12-25-22-18(21(19)20)2-7-24-22/h2-3,7-8,12,16-17H,4-6,9-11,13-15H2,1H3,(H,24,25). The molecule has 0 radical (unpaired) electrons. The molecule has 31 heavy (non-hydrogen) atoms. The van der Waals surface area contributed by atoms with Crippen LogP contribution in [0.2, 0.25) is 0 Å². The van der Waals surface area contributed by atoms with Gasteiger partial charge in [0, 0.05) is 62.1 Å². The van der Waals surface area contributed by atoms with E-state index in [1.54, 1.807) is 11.4 Å². The van der Waals surface area contributed by atoms with E-state index in [-0.39, 0.29) is 11.7 Å². The number of nitrogens with zero attached hydrogens (tertiary/aromatic N) is 4. The van der Waals surface area contributed by atoms with Gasteiger partial charge in [-0.2, -0.15) is 0 Å². The fourth-order valence-electron chi connectivity index (χ4n) is 5.06. The lowest BCUT2D eigenvalue weighted by Crippen LogP contribution is -2.39. The van der Waals surface area contributed by atoms with Gasteiger partial charge in [-0.05, 0) is 43.2 Å². The summed E-state index contributed by atoms with van der Waals surface area (Å²) < 4.78 is 32.8. The second-order valence-electron chi connectivity index (χ2n) is 8.77. The van der Waals surface area contributed by atoms with Gasteiger partial charge < -0.3 is 14.6 Å². The monoisotopic (exact) mass is 443 g/mol. The molecule has 0 aromatic carbocycles. The molecule has 9 heteroatoms. The first-order valence-electron chi connectivity index (χ1n) is 11.0. The molecule has 0 saturated carbocycles. The summed E-state index contributed by atoms with van der Waals surface area (Å²) in [4.78, 5) is 14.5. The third-order valence-corrected chi connectivity index (χ3v) is 8.73. The summed E-state index contributed by atoms with van der Waals surface area (Å²) in [5.74, 6) is 0.773. The predicted octanol–water partition coefficient (Wildman–Crippen LogP) is 2.63. The van der Waals surface area contributed by atoms with Gasteiger partial charge in [-0.1, -0.05) is 0 Å². The molecule has 0 aliphatic carbocycles. The van der Waals surface area contributed by atoms with Gasteiger partial charge in [0.1, 0.15) is 5.65 Å². The molecule has 1 unspecified atom stereocenters. The summed E-state index contributed by atoms with van der Waals surface area (Å²) in [5.41, 5.74) is 2.90. The third kappa shape index (κ3) is 4.02. The molecule has 1 atom stereocenters. The minimum atomic E-state index is -3.21. The van der Waals surface area contributed by atoms with Gasteiger partial charge in [0.15, 0.2) is 0 Å². The maximum atomic E-state index is 12.9. The van der Waals surface area contributed by atoms with Crippen LogP contribution >= 0.6 is 0 Å². The Bertz CT molecular complexity index is 1170. The first-order chi connectivity index (χ1) is 15.0. The second-order valence-corrected chi connectivity index (χ2v) is 10.8. The molecule has 8 nitrogen and oxygen atoms in total. The number of hydrogen-bond acceptors (Lipinski definition) is 6. The van der Waals surface area contributed by atoms with Crippen LogP contribution < -0.4 is 4.90 Å². The fourth-order valence-corrected chi connectivity index (χ4v) is 7.03. The molecule has 166 valence electrons. The number of H-pyrrole nitrogens is 1. The zero-order chi connectivity index (χ0) is 21.4. The number of nitrogens with one attached hydrogen (secondary N) is 1. The van der Waals surface area contributed by atoms with Gasteiger partial charge in [0.2, 0.25) is 10.0 Å². The average molecular weight is 444 g/mol. The molecule has 5 heterocycles. The van der Waals surface area contributed by atoms with Crippen LogP contribution in [0.15, 0.2) is 30.7 Å². The second kappa shape index (κ2) is 8.37. The van der Waals surface area contributed by atoms with Crippen LogP contribution in [0.4, 0.5) is 5.69 Å². The van der Waals surface area contributed by atoms with Crippen molar-refractivity contribution in [1.29, 1.82) is 0 Å². The smallest absolute Gasteiger partial charge is 0.214 e. The van der Waals surface area contributed by atoms with Crippen molar-refractivity contribution in [2.75, 3.05) is 50.5 Å². The molecule has 2 aliphatic heterocycles. The SMILES string of the molecule is COCC1CCN(S(=O)(=O)CC2CCN(c3ccnc4cnc5[nH]ccc5c34)CC2)C1. The number of sulfonamides is 1. The summed E-state index contributed by atoms with van der Waals surface area (Å²) in [7, 11) is -1.54. The van der Waals surface area contributed by atoms with Crippen LogP contribution in [0, 0.1) is 11.8 Å². The lowest BCUT2D eigenvalue weighted by molar-refractivity contribution is 0.157. The van der Waals surface area contributed by atoms with Gasteiger partial charge >= 0.3 is 0 Å². The van der Waals surface area contributed by atoms with E-state index < -0.39 is 10.0 Å². The Kier molecular flexibility index (Phi) is 5.58. The number of rotatable bonds is 6. The molecule has 2 fully saturated rings. The highest BCUT2D eigenvalue weighted by Crippen LogP contribution is 2.34. The number of fused-ring (bicyclic) bond motifs is 3. The van der Waals surface area contributed by atoms with Crippen LogP contribution in [0.1, 0.15) is 19.3 Å². The van der Waals surface area contributed by atoms with Crippen LogP contribution in [0.25, 0.3) is 21.9 Å². The number of aromatic amines is 1. The van der Waals surface area contributed by atoms with E-state index in [0.29, 0.717) is 25.6 Å². The zero-order valence-electron chi connectivity index (χ0n) is 17.8. The molecule has 3 aromatic heterocycles. The highest BCUT2D eigenvalue weighted by molar-refractivity contribution is 7.89. The summed E-state index contributed by atoms with van der Waals surface area (Å²) in [5, 5.41) is 2.19. The number of aromatic nitrogens is 3. The molecule has 5 rings (SSSR count). The van der Waals surface area contributed by atoms with Crippen LogP contribution in [-0.2, 0) is 14.8 Å². The van der Waals surface area contributed by atoms with Crippen LogP contribution in [0.5, 0.6) is 0 Å². The number of ether oxygens (including phenoxy) is 1. The van der Waals surface area contributed by atoms with E-state index in [4.69, 9.17) is 4.74 Å². The van der Waals surface area contributed by atoms with Crippen molar-refractivity contribution in [3.05, 3.63) is 30.7 Å². The maximum Gasteiger partial charge on any atom is 0.214 e. The number of piperidine rings is 1. The van der Waals surface area contributed by atoms with Gasteiger partial charge in [0.25, 0.3) is 0 Å². The number of anilines is 1. The third-order valence-electron chi connectivity index (χ3n) is 6.71. The molecule has 0 amide bonds. The number of methoxy groups -OCH3 is 1. The Balaban J connectivity index is 1.28. The van der Waals surface area contributed by atoms with Crippen molar-refractivity contribution in [3.63, 3.8) is 0 Å². The molecular weight excluding hydrogens is 414 g/mol. The number of pyridine rings is 2. The topological polar surface area (TPSA) is 91.4 Å². The molecular formula is C22H29N5O3S. The Morgan fingerprint density at radius 2 is 1.94 bits per heavy atom. The Labute approximate surface area is 182 Å². The van der Waals surface area contributed by atoms with E-state index in [2.05, 4.69) is 25.9 Å². The van der Waals surface area contributed by atoms with E-state index in [9.17, 15) is 8.42 Å². The first kappa shape index (κ1) is 20.7. The zero-order valence-corrected chi connectivity index (χ0v) is 18.6. The van der Waals surface area contributed by atoms with Crippen molar-refractivity contribution < 1.29 is 13.2 Å². The molecule has 1 N–H and O–H groups in total. The molecule has 2 saturated heterocycles. The minimum Gasteiger partial charge on any atom is -0.384 e. The van der Waals surface area contributed by atoms with Gasteiger partial charge in [-0.15, -0.1) is 0 Å². The van der Waals surface area contributed by atoms with Crippen molar-refractivity contribution in [2.24, 2.45) is 11.8 Å². The first-order valence-corrected chi connectivity index (χ1v) is 12.6. The fraction of sp³-hybridized carbons (Fsp3) is 0.545. The summed E-state index contributed by atoms with van der Waals surface area (Å²) in [6.45, 7) is 3.55. The van der Waals surface area contributed by atoms with Crippen molar-refractivity contribution in [1.82, 2.24) is 19.3 Å². The highest BCUT2D eigenvalue weighted by Gasteiger charge is 2.34. The van der Waals surface area contributed by atoms with Gasteiger partial charge in [0.05, 0.1) is 24.1 Å². The Morgan fingerprint density at radius 1 is 1.13 bits per heavy atom. The minimum absolute atomic E-state index is 0.199.